The molecule has 0 saturated heterocycles. The first-order chi connectivity index (χ1) is 10.3. The van der Waals surface area contributed by atoms with E-state index in [0.717, 1.165) is 5.69 Å². The summed E-state index contributed by atoms with van der Waals surface area (Å²) in [6, 6.07) is 17.9. The van der Waals surface area contributed by atoms with Crippen LogP contribution in [0.2, 0.25) is 0 Å². The average Bonchev–Trinajstić information content (AvgIpc) is 3.05. The molecule has 3 aromatic rings. The Hall–Kier alpha value is -3.08. The van der Waals surface area contributed by atoms with Gasteiger partial charge in [0.1, 0.15) is 0 Å². The Morgan fingerprint density at radius 2 is 1.62 bits per heavy atom. The van der Waals surface area contributed by atoms with Gasteiger partial charge in [-0.15, -0.1) is 0 Å². The lowest BCUT2D eigenvalue weighted by atomic mass is 10.2. The van der Waals surface area contributed by atoms with E-state index < -0.39 is 0 Å². The van der Waals surface area contributed by atoms with Crippen molar-refractivity contribution in [2.45, 2.75) is 0 Å². The standard InChI is InChI=1S/C16H13N3O2/c17-12-6-8-14(9-7-12)19(13-4-2-1-3-5-13)16(20)15-10-11-18-21-15/h1-11H,17H2. The van der Waals surface area contributed by atoms with E-state index in [0.29, 0.717) is 11.4 Å². The van der Waals surface area contributed by atoms with E-state index in [-0.39, 0.29) is 11.7 Å². The third-order valence-electron chi connectivity index (χ3n) is 3.02. The van der Waals surface area contributed by atoms with E-state index >= 15 is 0 Å². The summed E-state index contributed by atoms with van der Waals surface area (Å²) in [6.07, 6.45) is 1.44. The van der Waals surface area contributed by atoms with Crippen molar-refractivity contribution in [3.8, 4) is 0 Å². The second kappa shape index (κ2) is 5.50. The summed E-state index contributed by atoms with van der Waals surface area (Å²) in [5, 5.41) is 3.58. The molecule has 0 aliphatic heterocycles. The van der Waals surface area contributed by atoms with E-state index in [9.17, 15) is 4.79 Å². The van der Waals surface area contributed by atoms with E-state index in [1.165, 1.54) is 12.3 Å². The number of benzene rings is 2. The molecule has 0 radical (unpaired) electrons. The molecule has 1 heterocycles. The average molecular weight is 279 g/mol. The molecule has 1 aromatic heterocycles. The fourth-order valence-electron chi connectivity index (χ4n) is 2.02. The Kier molecular flexibility index (Phi) is 3.39. The summed E-state index contributed by atoms with van der Waals surface area (Å²) >= 11 is 0. The first kappa shape index (κ1) is 12.9. The molecule has 1 amide bonds. The number of nitrogens with zero attached hydrogens (tertiary/aromatic N) is 2. The predicted molar refractivity (Wildman–Crippen MR) is 80.3 cm³/mol. The van der Waals surface area contributed by atoms with Crippen LogP contribution in [0.1, 0.15) is 10.6 Å². The first-order valence-electron chi connectivity index (χ1n) is 6.41. The molecule has 0 bridgehead atoms. The molecule has 5 heteroatoms. The number of nitrogens with two attached hydrogens (primary N) is 1. The van der Waals surface area contributed by atoms with Gasteiger partial charge in [0.05, 0.1) is 6.20 Å². The highest BCUT2D eigenvalue weighted by molar-refractivity contribution is 6.09. The van der Waals surface area contributed by atoms with Crippen molar-refractivity contribution < 1.29 is 9.32 Å². The zero-order valence-corrected chi connectivity index (χ0v) is 11.1. The fraction of sp³-hybridized carbons (Fsp3) is 0. The molecule has 0 aliphatic rings. The molecule has 0 aliphatic carbocycles. The van der Waals surface area contributed by atoms with Gasteiger partial charge in [-0.05, 0) is 36.4 Å². The van der Waals surface area contributed by atoms with Crippen LogP contribution in [-0.2, 0) is 0 Å². The Morgan fingerprint density at radius 1 is 0.952 bits per heavy atom. The lowest BCUT2D eigenvalue weighted by molar-refractivity contribution is 0.0964. The van der Waals surface area contributed by atoms with Gasteiger partial charge in [0.15, 0.2) is 0 Å². The Morgan fingerprint density at radius 3 is 2.24 bits per heavy atom. The molecule has 0 spiro atoms. The minimum atomic E-state index is -0.288. The topological polar surface area (TPSA) is 72.4 Å². The Bertz CT molecular complexity index is 722. The number of hydrogen-bond donors (Lipinski definition) is 1. The molecule has 0 unspecified atom stereocenters. The lowest BCUT2D eigenvalue weighted by Crippen LogP contribution is -2.25. The number of para-hydroxylation sites is 1. The zero-order chi connectivity index (χ0) is 14.7. The quantitative estimate of drug-likeness (QED) is 0.747. The normalized spacial score (nSPS) is 10.3. The van der Waals surface area contributed by atoms with Crippen LogP contribution in [-0.4, -0.2) is 11.1 Å². The van der Waals surface area contributed by atoms with E-state index in [4.69, 9.17) is 10.3 Å². The number of amides is 1. The van der Waals surface area contributed by atoms with Crippen molar-refractivity contribution in [2.75, 3.05) is 10.6 Å². The van der Waals surface area contributed by atoms with Crippen molar-refractivity contribution in [2.24, 2.45) is 0 Å². The molecule has 0 atom stereocenters. The molecule has 2 aromatic carbocycles. The molecule has 0 fully saturated rings. The third-order valence-corrected chi connectivity index (χ3v) is 3.02. The fourth-order valence-corrected chi connectivity index (χ4v) is 2.02. The number of carbonyl (C=O) groups excluding carboxylic acids is 1. The van der Waals surface area contributed by atoms with Crippen LogP contribution in [0.15, 0.2) is 71.4 Å². The van der Waals surface area contributed by atoms with Crippen molar-refractivity contribution in [3.05, 3.63) is 72.6 Å². The van der Waals surface area contributed by atoms with Crippen LogP contribution >= 0.6 is 0 Å². The summed E-state index contributed by atoms with van der Waals surface area (Å²) in [4.78, 5) is 14.2. The minimum absolute atomic E-state index is 0.177. The van der Waals surface area contributed by atoms with Crippen molar-refractivity contribution >= 4 is 23.0 Å². The summed E-state index contributed by atoms with van der Waals surface area (Å²) in [5.41, 5.74) is 7.79. The third kappa shape index (κ3) is 2.62. The number of anilines is 3. The molecular weight excluding hydrogens is 266 g/mol. The van der Waals surface area contributed by atoms with Gasteiger partial charge in [-0.1, -0.05) is 23.4 Å². The number of rotatable bonds is 3. The number of aromatic nitrogens is 1. The number of carbonyl (C=O) groups is 1. The van der Waals surface area contributed by atoms with Gasteiger partial charge in [0.2, 0.25) is 5.76 Å². The maximum absolute atomic E-state index is 12.7. The van der Waals surface area contributed by atoms with Gasteiger partial charge in [-0.3, -0.25) is 9.69 Å². The summed E-state index contributed by atoms with van der Waals surface area (Å²) < 4.78 is 4.98. The smallest absolute Gasteiger partial charge is 0.301 e. The lowest BCUT2D eigenvalue weighted by Gasteiger charge is -2.21. The van der Waals surface area contributed by atoms with Crippen molar-refractivity contribution in [1.82, 2.24) is 5.16 Å². The maximum atomic E-state index is 12.7. The monoisotopic (exact) mass is 279 g/mol. The van der Waals surface area contributed by atoms with E-state index in [2.05, 4.69) is 5.16 Å². The Balaban J connectivity index is 2.07. The van der Waals surface area contributed by atoms with Crippen LogP contribution in [0.3, 0.4) is 0 Å². The largest absolute Gasteiger partial charge is 0.399 e. The maximum Gasteiger partial charge on any atom is 0.301 e. The highest BCUT2D eigenvalue weighted by Crippen LogP contribution is 2.27. The van der Waals surface area contributed by atoms with Crippen molar-refractivity contribution in [1.29, 1.82) is 0 Å². The first-order valence-corrected chi connectivity index (χ1v) is 6.41. The minimum Gasteiger partial charge on any atom is -0.399 e. The van der Waals surface area contributed by atoms with Gasteiger partial charge < -0.3 is 10.3 Å². The summed E-state index contributed by atoms with van der Waals surface area (Å²) in [7, 11) is 0. The van der Waals surface area contributed by atoms with E-state index in [1.54, 1.807) is 29.2 Å². The summed E-state index contributed by atoms with van der Waals surface area (Å²) in [5.74, 6) is -0.112. The second-order valence-corrected chi connectivity index (χ2v) is 4.44. The highest BCUT2D eigenvalue weighted by atomic mass is 16.5. The molecule has 2 N–H and O–H groups in total. The second-order valence-electron chi connectivity index (χ2n) is 4.44. The molecule has 21 heavy (non-hydrogen) atoms. The van der Waals surface area contributed by atoms with Gasteiger partial charge in [-0.2, -0.15) is 0 Å². The molecule has 5 nitrogen and oxygen atoms in total. The van der Waals surface area contributed by atoms with Crippen molar-refractivity contribution in [3.63, 3.8) is 0 Å². The number of hydrogen-bond acceptors (Lipinski definition) is 4. The van der Waals surface area contributed by atoms with Gasteiger partial charge >= 0.3 is 5.91 Å². The van der Waals surface area contributed by atoms with Gasteiger partial charge in [0, 0.05) is 23.1 Å². The van der Waals surface area contributed by atoms with Crippen LogP contribution < -0.4 is 10.6 Å². The van der Waals surface area contributed by atoms with Gasteiger partial charge in [-0.25, -0.2) is 0 Å². The van der Waals surface area contributed by atoms with Crippen LogP contribution in [0.5, 0.6) is 0 Å². The summed E-state index contributed by atoms with van der Waals surface area (Å²) in [6.45, 7) is 0. The predicted octanol–water partition coefficient (Wildman–Crippen LogP) is 3.24. The highest BCUT2D eigenvalue weighted by Gasteiger charge is 2.22. The van der Waals surface area contributed by atoms with Crippen LogP contribution in [0, 0.1) is 0 Å². The number of nitrogen functional groups attached to an aromatic ring is 1. The molecule has 104 valence electrons. The molecule has 3 rings (SSSR count). The van der Waals surface area contributed by atoms with E-state index in [1.807, 2.05) is 30.3 Å². The Labute approximate surface area is 121 Å². The molecular formula is C16H13N3O2. The zero-order valence-electron chi connectivity index (χ0n) is 11.1. The van der Waals surface area contributed by atoms with Crippen LogP contribution in [0.4, 0.5) is 17.1 Å². The molecule has 0 saturated carbocycles. The van der Waals surface area contributed by atoms with Crippen LogP contribution in [0.25, 0.3) is 0 Å². The van der Waals surface area contributed by atoms with Gasteiger partial charge in [0.25, 0.3) is 0 Å². The SMILES string of the molecule is Nc1ccc(N(C(=O)c2ccno2)c2ccccc2)cc1.